The van der Waals surface area contributed by atoms with E-state index < -0.39 is 0 Å². The lowest BCUT2D eigenvalue weighted by atomic mass is 9.76. The maximum absolute atomic E-state index is 11.8. The number of rotatable bonds is 4. The Balaban J connectivity index is 1.42. The molecular formula is C12H16N2O2S2. The number of thioether (sulfide) groups is 1. The largest absolute Gasteiger partial charge is 0.378 e. The van der Waals surface area contributed by atoms with Gasteiger partial charge in [0.05, 0.1) is 11.9 Å². The van der Waals surface area contributed by atoms with Gasteiger partial charge in [-0.15, -0.1) is 11.3 Å². The molecule has 3 rings (SSSR count). The molecule has 0 unspecified atom stereocenters. The van der Waals surface area contributed by atoms with Gasteiger partial charge in [-0.25, -0.2) is 4.98 Å². The van der Waals surface area contributed by atoms with E-state index >= 15 is 0 Å². The zero-order valence-corrected chi connectivity index (χ0v) is 11.9. The Hall–Kier alpha value is -0.590. The standard InChI is InChI=1S/C12H16N2O2S2/c1-7-5-17-12(13-7)18-6-11(15)14-9-4-10-8(9)2-3-16-10/h5,8-10H,2-4,6H2,1H3,(H,14,15)/t8-,9-,10+/m1/s1. The van der Waals surface area contributed by atoms with Gasteiger partial charge in [-0.1, -0.05) is 11.8 Å². The average molecular weight is 284 g/mol. The molecule has 98 valence electrons. The van der Waals surface area contributed by atoms with Crippen molar-refractivity contribution in [1.29, 1.82) is 0 Å². The van der Waals surface area contributed by atoms with Crippen LogP contribution in [0.15, 0.2) is 9.72 Å². The quantitative estimate of drug-likeness (QED) is 0.857. The van der Waals surface area contributed by atoms with E-state index in [2.05, 4.69) is 10.3 Å². The number of carbonyl (C=O) groups excluding carboxylic acids is 1. The summed E-state index contributed by atoms with van der Waals surface area (Å²) in [6, 6.07) is 0.337. The van der Waals surface area contributed by atoms with Crippen LogP contribution in [0.5, 0.6) is 0 Å². The second-order valence-corrected chi connectivity index (χ2v) is 6.90. The first-order valence-electron chi connectivity index (χ1n) is 6.18. The van der Waals surface area contributed by atoms with Crippen LogP contribution in [0.3, 0.4) is 0 Å². The number of amides is 1. The van der Waals surface area contributed by atoms with E-state index in [4.69, 9.17) is 4.74 Å². The van der Waals surface area contributed by atoms with Gasteiger partial charge in [0.1, 0.15) is 0 Å². The van der Waals surface area contributed by atoms with Crippen LogP contribution in [0.1, 0.15) is 18.5 Å². The number of thiazole rings is 1. The van der Waals surface area contributed by atoms with Crippen molar-refractivity contribution in [2.45, 2.75) is 36.3 Å². The predicted molar refractivity (Wildman–Crippen MR) is 72.0 cm³/mol. The molecule has 1 aromatic heterocycles. The molecule has 2 aliphatic rings. The highest BCUT2D eigenvalue weighted by Crippen LogP contribution is 2.38. The van der Waals surface area contributed by atoms with E-state index in [0.717, 1.165) is 29.5 Å². The van der Waals surface area contributed by atoms with Crippen LogP contribution in [0.4, 0.5) is 0 Å². The number of aryl methyl sites for hydroxylation is 1. The van der Waals surface area contributed by atoms with Crippen molar-refractivity contribution < 1.29 is 9.53 Å². The zero-order chi connectivity index (χ0) is 12.5. The molecule has 0 aromatic carbocycles. The molecule has 6 heteroatoms. The number of hydrogen-bond acceptors (Lipinski definition) is 5. The summed E-state index contributed by atoms with van der Waals surface area (Å²) < 4.78 is 6.50. The summed E-state index contributed by atoms with van der Waals surface area (Å²) in [6.07, 6.45) is 2.48. The minimum Gasteiger partial charge on any atom is -0.378 e. The normalized spacial score (nSPS) is 29.7. The van der Waals surface area contributed by atoms with E-state index in [1.807, 2.05) is 12.3 Å². The number of carbonyl (C=O) groups is 1. The third-order valence-electron chi connectivity index (χ3n) is 3.53. The van der Waals surface area contributed by atoms with Gasteiger partial charge in [0.15, 0.2) is 4.34 Å². The van der Waals surface area contributed by atoms with Crippen LogP contribution >= 0.6 is 23.1 Å². The van der Waals surface area contributed by atoms with E-state index in [-0.39, 0.29) is 5.91 Å². The Kier molecular flexibility index (Phi) is 3.59. The van der Waals surface area contributed by atoms with Crippen molar-refractivity contribution in [3.05, 3.63) is 11.1 Å². The third kappa shape index (κ3) is 2.55. The Labute approximate surface area is 115 Å². The molecule has 18 heavy (non-hydrogen) atoms. The first kappa shape index (κ1) is 12.4. The second kappa shape index (κ2) is 5.19. The van der Waals surface area contributed by atoms with E-state index in [1.54, 1.807) is 11.3 Å². The van der Waals surface area contributed by atoms with Gasteiger partial charge < -0.3 is 10.1 Å². The molecule has 3 atom stereocenters. The van der Waals surface area contributed by atoms with Gasteiger partial charge in [-0.2, -0.15) is 0 Å². The number of ether oxygens (including phenoxy) is 1. The summed E-state index contributed by atoms with van der Waals surface area (Å²) in [4.78, 5) is 16.1. The molecule has 1 amide bonds. The summed E-state index contributed by atoms with van der Waals surface area (Å²) >= 11 is 3.11. The molecule has 1 aliphatic carbocycles. The van der Waals surface area contributed by atoms with E-state index in [9.17, 15) is 4.79 Å². The fraction of sp³-hybridized carbons (Fsp3) is 0.667. The molecule has 2 fully saturated rings. The van der Waals surface area contributed by atoms with Gasteiger partial charge in [0.25, 0.3) is 0 Å². The van der Waals surface area contributed by atoms with E-state index in [1.165, 1.54) is 11.8 Å². The molecule has 1 N–H and O–H groups in total. The van der Waals surface area contributed by atoms with Crippen LogP contribution in [0.25, 0.3) is 0 Å². The predicted octanol–water partition coefficient (Wildman–Crippen LogP) is 1.84. The number of nitrogens with zero attached hydrogens (tertiary/aromatic N) is 1. The van der Waals surface area contributed by atoms with Crippen molar-refractivity contribution in [2.24, 2.45) is 5.92 Å². The average Bonchev–Trinajstić information content (AvgIpc) is 2.90. The van der Waals surface area contributed by atoms with Crippen molar-refractivity contribution in [2.75, 3.05) is 12.4 Å². The fourth-order valence-corrected chi connectivity index (χ4v) is 4.20. The molecule has 1 aromatic rings. The second-order valence-electron chi connectivity index (χ2n) is 4.81. The van der Waals surface area contributed by atoms with Crippen LogP contribution in [-0.4, -0.2) is 35.4 Å². The fourth-order valence-electron chi connectivity index (χ4n) is 2.54. The highest BCUT2D eigenvalue weighted by atomic mass is 32.2. The lowest BCUT2D eigenvalue weighted by Crippen LogP contribution is -2.53. The first-order chi connectivity index (χ1) is 8.72. The summed E-state index contributed by atoms with van der Waals surface area (Å²) in [5.74, 6) is 1.13. The van der Waals surface area contributed by atoms with Gasteiger partial charge in [0, 0.05) is 29.6 Å². The first-order valence-corrected chi connectivity index (χ1v) is 8.05. The molecule has 1 saturated carbocycles. The maximum Gasteiger partial charge on any atom is 0.230 e. The molecular weight excluding hydrogens is 268 g/mol. The molecule has 1 aliphatic heterocycles. The summed E-state index contributed by atoms with van der Waals surface area (Å²) in [7, 11) is 0. The SMILES string of the molecule is Cc1csc(SCC(=O)N[C@@H]2C[C@@H]3OCC[C@@H]32)n1. The number of nitrogens with one attached hydrogen (secondary N) is 1. The molecule has 0 bridgehead atoms. The number of fused-ring (bicyclic) bond motifs is 1. The highest BCUT2D eigenvalue weighted by Gasteiger charge is 2.45. The molecule has 0 spiro atoms. The Bertz CT molecular complexity index is 449. The summed E-state index contributed by atoms with van der Waals surface area (Å²) in [5, 5.41) is 5.11. The van der Waals surface area contributed by atoms with Gasteiger partial charge >= 0.3 is 0 Å². The lowest BCUT2D eigenvalue weighted by Gasteiger charge is -2.39. The molecule has 1 saturated heterocycles. The van der Waals surface area contributed by atoms with Crippen molar-refractivity contribution in [1.82, 2.24) is 10.3 Å². The maximum atomic E-state index is 11.8. The Morgan fingerprint density at radius 2 is 2.61 bits per heavy atom. The minimum absolute atomic E-state index is 0.114. The third-order valence-corrected chi connectivity index (χ3v) is 5.67. The Morgan fingerprint density at radius 1 is 1.72 bits per heavy atom. The van der Waals surface area contributed by atoms with Crippen LogP contribution < -0.4 is 5.32 Å². The van der Waals surface area contributed by atoms with Crippen molar-refractivity contribution in [3.63, 3.8) is 0 Å². The van der Waals surface area contributed by atoms with Crippen molar-refractivity contribution >= 4 is 29.0 Å². The van der Waals surface area contributed by atoms with Crippen LogP contribution in [-0.2, 0) is 9.53 Å². The topological polar surface area (TPSA) is 51.2 Å². The summed E-state index contributed by atoms with van der Waals surface area (Å²) in [6.45, 7) is 2.82. The van der Waals surface area contributed by atoms with Crippen LogP contribution in [0, 0.1) is 12.8 Å². The highest BCUT2D eigenvalue weighted by molar-refractivity contribution is 8.01. The number of hydrogen-bond donors (Lipinski definition) is 1. The van der Waals surface area contributed by atoms with Crippen molar-refractivity contribution in [3.8, 4) is 0 Å². The molecule has 0 radical (unpaired) electrons. The van der Waals surface area contributed by atoms with Gasteiger partial charge in [0.2, 0.25) is 5.91 Å². The molecule has 2 heterocycles. The van der Waals surface area contributed by atoms with Crippen LogP contribution in [0.2, 0.25) is 0 Å². The monoisotopic (exact) mass is 284 g/mol. The Morgan fingerprint density at radius 3 is 3.33 bits per heavy atom. The number of aromatic nitrogens is 1. The minimum atomic E-state index is 0.114. The lowest BCUT2D eigenvalue weighted by molar-refractivity contribution is -0.121. The van der Waals surface area contributed by atoms with Gasteiger partial charge in [-0.3, -0.25) is 4.79 Å². The smallest absolute Gasteiger partial charge is 0.230 e. The summed E-state index contributed by atoms with van der Waals surface area (Å²) in [5.41, 5.74) is 1.02. The van der Waals surface area contributed by atoms with E-state index in [0.29, 0.717) is 23.8 Å². The molecule has 4 nitrogen and oxygen atoms in total. The zero-order valence-electron chi connectivity index (χ0n) is 10.2. The van der Waals surface area contributed by atoms with Gasteiger partial charge in [-0.05, 0) is 19.8 Å².